The molecule has 0 spiro atoms. The average molecular weight is 493 g/mol. The van der Waals surface area contributed by atoms with Crippen molar-refractivity contribution < 1.29 is 9.21 Å². The van der Waals surface area contributed by atoms with Crippen molar-refractivity contribution in [1.29, 1.82) is 10.8 Å². The molecular formula is C28H40N6O2. The van der Waals surface area contributed by atoms with Gasteiger partial charge in [-0.3, -0.25) is 4.79 Å². The van der Waals surface area contributed by atoms with Crippen LogP contribution in [0.1, 0.15) is 62.0 Å². The number of carbonyl (C=O) groups is 1. The Hall–Kier alpha value is -3.68. The van der Waals surface area contributed by atoms with E-state index < -0.39 is 0 Å². The Balaban J connectivity index is 0.000000694. The Bertz CT molecular complexity index is 1150. The summed E-state index contributed by atoms with van der Waals surface area (Å²) in [6, 6.07) is 12.6. The Morgan fingerprint density at radius 1 is 1.14 bits per heavy atom. The molecule has 1 amide bonds. The van der Waals surface area contributed by atoms with Crippen LogP contribution in [0.2, 0.25) is 0 Å². The number of hydrogen-bond donors (Lipinski definition) is 3. The summed E-state index contributed by atoms with van der Waals surface area (Å²) in [5, 5.41) is 12.2. The molecule has 3 aromatic rings. The summed E-state index contributed by atoms with van der Waals surface area (Å²) in [7, 11) is 0. The van der Waals surface area contributed by atoms with Crippen molar-refractivity contribution in [1.82, 2.24) is 9.88 Å². The molecule has 0 saturated carbocycles. The molecule has 194 valence electrons. The molecule has 0 bridgehead atoms. The molecule has 1 aliphatic rings. The molecule has 4 rings (SSSR count). The number of amides is 1. The van der Waals surface area contributed by atoms with E-state index in [1.54, 1.807) is 0 Å². The van der Waals surface area contributed by atoms with Crippen LogP contribution in [-0.4, -0.2) is 53.9 Å². The fourth-order valence-corrected chi connectivity index (χ4v) is 4.10. The van der Waals surface area contributed by atoms with Crippen LogP contribution in [-0.2, 0) is 6.42 Å². The summed E-state index contributed by atoms with van der Waals surface area (Å²) < 4.78 is 6.04. The van der Waals surface area contributed by atoms with Gasteiger partial charge in [0, 0.05) is 43.8 Å². The Kier molecular flexibility index (Phi) is 11.1. The normalized spacial score (nSPS) is 15.2. The maximum Gasteiger partial charge on any atom is 0.298 e. The van der Waals surface area contributed by atoms with Crippen molar-refractivity contribution in [2.45, 2.75) is 59.9 Å². The number of benzene rings is 2. The largest absolute Gasteiger partial charge is 0.423 e. The van der Waals surface area contributed by atoms with E-state index in [2.05, 4.69) is 30.9 Å². The third kappa shape index (κ3) is 7.16. The van der Waals surface area contributed by atoms with Crippen LogP contribution in [0.3, 0.4) is 0 Å². The number of oxazole rings is 1. The van der Waals surface area contributed by atoms with Crippen LogP contribution in [0.25, 0.3) is 11.1 Å². The van der Waals surface area contributed by atoms with Crippen molar-refractivity contribution in [3.8, 4) is 0 Å². The molecule has 0 aliphatic carbocycles. The molecule has 1 fully saturated rings. The van der Waals surface area contributed by atoms with E-state index in [9.17, 15) is 4.79 Å². The van der Waals surface area contributed by atoms with Gasteiger partial charge >= 0.3 is 0 Å². The topological polar surface area (TPSA) is 123 Å². The number of aryl methyl sites for hydroxylation is 2. The summed E-state index contributed by atoms with van der Waals surface area (Å²) in [6.07, 6.45) is 4.82. The molecule has 0 radical (unpaired) electrons. The number of nitrogen functional groups attached to an aromatic ring is 1. The average Bonchev–Trinajstić information content (AvgIpc) is 3.21. The fraction of sp³-hybridized carbons (Fsp3) is 0.429. The molecule has 1 aliphatic heterocycles. The first kappa shape index (κ1) is 28.6. The molecule has 1 atom stereocenters. The van der Waals surface area contributed by atoms with Gasteiger partial charge < -0.3 is 30.8 Å². The molecule has 8 heteroatoms. The quantitative estimate of drug-likeness (QED) is 0.310. The summed E-state index contributed by atoms with van der Waals surface area (Å²) in [5.74, 6) is -0.00711. The van der Waals surface area contributed by atoms with Crippen molar-refractivity contribution in [2.24, 2.45) is 0 Å². The second-order valence-electron chi connectivity index (χ2n) is 8.60. The lowest BCUT2D eigenvalue weighted by molar-refractivity contribution is 0.0706. The van der Waals surface area contributed by atoms with E-state index in [0.717, 1.165) is 54.9 Å². The monoisotopic (exact) mass is 492 g/mol. The minimum Gasteiger partial charge on any atom is -0.423 e. The number of fused-ring (bicyclic) bond motifs is 1. The van der Waals surface area contributed by atoms with Gasteiger partial charge in [0.05, 0.1) is 5.56 Å². The van der Waals surface area contributed by atoms with Crippen molar-refractivity contribution in [3.05, 3.63) is 53.1 Å². The molecular weight excluding hydrogens is 452 g/mol. The first-order valence-corrected chi connectivity index (χ1v) is 12.7. The predicted molar refractivity (Wildman–Crippen MR) is 150 cm³/mol. The maximum atomic E-state index is 13.2. The van der Waals surface area contributed by atoms with Crippen molar-refractivity contribution in [2.75, 3.05) is 30.3 Å². The number of rotatable bonds is 5. The van der Waals surface area contributed by atoms with E-state index in [1.165, 1.54) is 5.56 Å². The van der Waals surface area contributed by atoms with Crippen LogP contribution in [0.15, 0.2) is 40.8 Å². The zero-order valence-electron chi connectivity index (χ0n) is 22.2. The van der Waals surface area contributed by atoms with Gasteiger partial charge in [0.1, 0.15) is 5.52 Å². The molecule has 2 aromatic carbocycles. The van der Waals surface area contributed by atoms with Crippen LogP contribution in [0.4, 0.5) is 11.7 Å². The second kappa shape index (κ2) is 14.0. The predicted octanol–water partition coefficient (Wildman–Crippen LogP) is 5.72. The summed E-state index contributed by atoms with van der Waals surface area (Å²) >= 11 is 0. The third-order valence-corrected chi connectivity index (χ3v) is 5.99. The second-order valence-corrected chi connectivity index (χ2v) is 8.60. The zero-order valence-corrected chi connectivity index (χ0v) is 22.2. The third-order valence-electron chi connectivity index (χ3n) is 5.99. The van der Waals surface area contributed by atoms with Gasteiger partial charge in [-0.25, -0.2) is 0 Å². The van der Waals surface area contributed by atoms with Crippen molar-refractivity contribution >= 4 is 41.1 Å². The SMILES string of the molecule is CC.CCCc1ccc2oc(N3CC[C@@H](C)N(C(=O)c4cc(C)ccc4N)CC3)nc2c1.N=CC=N. The minimum absolute atomic E-state index is 0.00711. The highest BCUT2D eigenvalue weighted by Gasteiger charge is 2.28. The number of anilines is 2. The molecule has 1 aromatic heterocycles. The van der Waals surface area contributed by atoms with Crippen LogP contribution < -0.4 is 10.6 Å². The molecule has 8 nitrogen and oxygen atoms in total. The van der Waals surface area contributed by atoms with Gasteiger partial charge in [0.15, 0.2) is 5.58 Å². The number of nitrogens with zero attached hydrogens (tertiary/aromatic N) is 3. The van der Waals surface area contributed by atoms with Crippen LogP contribution >= 0.6 is 0 Å². The fourth-order valence-electron chi connectivity index (χ4n) is 4.10. The Morgan fingerprint density at radius 3 is 2.53 bits per heavy atom. The zero-order chi connectivity index (χ0) is 26.7. The van der Waals surface area contributed by atoms with E-state index in [4.69, 9.17) is 26.0 Å². The van der Waals surface area contributed by atoms with Crippen molar-refractivity contribution in [3.63, 3.8) is 0 Å². The van der Waals surface area contributed by atoms with Gasteiger partial charge in [0.25, 0.3) is 11.9 Å². The van der Waals surface area contributed by atoms with Crippen LogP contribution in [0.5, 0.6) is 0 Å². The van der Waals surface area contributed by atoms with E-state index in [1.807, 2.05) is 49.9 Å². The molecule has 36 heavy (non-hydrogen) atoms. The summed E-state index contributed by atoms with van der Waals surface area (Å²) in [4.78, 5) is 22.0. The molecule has 4 N–H and O–H groups in total. The number of aromatic nitrogens is 1. The molecule has 0 unspecified atom stereocenters. The standard InChI is InChI=1S/C24H30N4O2.C2H4N2.C2H6/c1-4-5-18-7-9-22-21(15-18)26-24(30-22)27-11-10-17(3)28(13-12-27)23(29)19-14-16(2)6-8-20(19)25;3-1-2-4;1-2/h6-9,14-15,17H,4-5,10-13,25H2,1-3H3;1-4H;1-2H3/t17-;;/m1../s1. The lowest BCUT2D eigenvalue weighted by Crippen LogP contribution is -2.40. The summed E-state index contributed by atoms with van der Waals surface area (Å²) in [5.41, 5.74) is 11.2. The first-order chi connectivity index (χ1) is 17.4. The first-order valence-electron chi connectivity index (χ1n) is 12.7. The summed E-state index contributed by atoms with van der Waals surface area (Å²) in [6.45, 7) is 12.3. The smallest absolute Gasteiger partial charge is 0.298 e. The van der Waals surface area contributed by atoms with Gasteiger partial charge in [-0.2, -0.15) is 4.98 Å². The Morgan fingerprint density at radius 2 is 1.86 bits per heavy atom. The highest BCUT2D eigenvalue weighted by Crippen LogP contribution is 2.26. The lowest BCUT2D eigenvalue weighted by Gasteiger charge is -2.27. The number of hydrogen-bond acceptors (Lipinski definition) is 7. The van der Waals surface area contributed by atoms with E-state index >= 15 is 0 Å². The highest BCUT2D eigenvalue weighted by atomic mass is 16.4. The maximum absolute atomic E-state index is 13.2. The van der Waals surface area contributed by atoms with E-state index in [0.29, 0.717) is 30.4 Å². The van der Waals surface area contributed by atoms with Gasteiger partial charge in [-0.1, -0.05) is 44.9 Å². The number of carbonyl (C=O) groups excluding carboxylic acids is 1. The number of nitrogens with two attached hydrogens (primary N) is 1. The van der Waals surface area contributed by atoms with Gasteiger partial charge in [-0.05, 0) is 56.5 Å². The molecule has 2 heterocycles. The Labute approximate surface area is 214 Å². The molecule has 1 saturated heterocycles. The van der Waals surface area contributed by atoms with Crippen LogP contribution in [0, 0.1) is 17.7 Å². The van der Waals surface area contributed by atoms with Gasteiger partial charge in [-0.15, -0.1) is 0 Å². The van der Waals surface area contributed by atoms with E-state index in [-0.39, 0.29) is 11.9 Å². The van der Waals surface area contributed by atoms with Gasteiger partial charge in [0.2, 0.25) is 0 Å². The minimum atomic E-state index is -0.00711. The number of nitrogens with one attached hydrogen (secondary N) is 2. The lowest BCUT2D eigenvalue weighted by atomic mass is 10.1. The highest BCUT2D eigenvalue weighted by molar-refractivity contribution is 6.12.